The maximum absolute atomic E-state index is 12.6. The van der Waals surface area contributed by atoms with Gasteiger partial charge in [0.1, 0.15) is 5.82 Å². The molecule has 0 aliphatic heterocycles. The standard InChI is InChI=1S/C12H22N4O2S/c1-2-11-14-9-12(15-11)19(17,18)16(8-4-7-13)10-5-3-6-10/h9-10H,2-8,13H2,1H3,(H,14,15). The second kappa shape index (κ2) is 6.02. The monoisotopic (exact) mass is 286 g/mol. The van der Waals surface area contributed by atoms with Crippen LogP contribution in [0.1, 0.15) is 38.4 Å². The van der Waals surface area contributed by atoms with E-state index < -0.39 is 10.0 Å². The lowest BCUT2D eigenvalue weighted by atomic mass is 9.93. The third kappa shape index (κ3) is 2.98. The van der Waals surface area contributed by atoms with E-state index in [4.69, 9.17) is 5.73 Å². The first-order chi connectivity index (χ1) is 9.09. The van der Waals surface area contributed by atoms with Crippen molar-refractivity contribution in [3.05, 3.63) is 12.0 Å². The Morgan fingerprint density at radius 3 is 2.74 bits per heavy atom. The predicted octanol–water partition coefficient (Wildman–Crippen LogP) is 0.864. The van der Waals surface area contributed by atoms with Crippen molar-refractivity contribution in [2.24, 2.45) is 5.73 Å². The van der Waals surface area contributed by atoms with Crippen LogP contribution >= 0.6 is 0 Å². The fourth-order valence-electron chi connectivity index (χ4n) is 2.20. The Labute approximate surface area is 114 Å². The molecule has 0 radical (unpaired) electrons. The zero-order chi connectivity index (χ0) is 13.9. The number of H-pyrrole nitrogens is 1. The van der Waals surface area contributed by atoms with Gasteiger partial charge < -0.3 is 10.7 Å². The molecule has 0 bridgehead atoms. The van der Waals surface area contributed by atoms with Crippen molar-refractivity contribution >= 4 is 10.0 Å². The van der Waals surface area contributed by atoms with Gasteiger partial charge in [-0.1, -0.05) is 13.3 Å². The summed E-state index contributed by atoms with van der Waals surface area (Å²) >= 11 is 0. The Bertz CT molecular complexity index is 508. The number of nitrogens with one attached hydrogen (secondary N) is 1. The molecule has 1 aliphatic rings. The average molecular weight is 286 g/mol. The maximum atomic E-state index is 12.6. The van der Waals surface area contributed by atoms with Crippen molar-refractivity contribution in [3.63, 3.8) is 0 Å². The minimum Gasteiger partial charge on any atom is -0.332 e. The van der Waals surface area contributed by atoms with Crippen molar-refractivity contribution in [2.75, 3.05) is 13.1 Å². The minimum absolute atomic E-state index is 0.130. The predicted molar refractivity (Wildman–Crippen MR) is 73.2 cm³/mol. The quantitative estimate of drug-likeness (QED) is 0.777. The number of nitrogens with two attached hydrogens (primary N) is 1. The summed E-state index contributed by atoms with van der Waals surface area (Å²) in [6.07, 6.45) is 5.79. The lowest BCUT2D eigenvalue weighted by molar-refractivity contribution is 0.218. The molecule has 108 valence electrons. The van der Waals surface area contributed by atoms with E-state index in [1.807, 2.05) is 6.92 Å². The number of nitrogens with zero attached hydrogens (tertiary/aromatic N) is 2. The first kappa shape index (κ1) is 14.5. The van der Waals surface area contributed by atoms with E-state index >= 15 is 0 Å². The van der Waals surface area contributed by atoms with Crippen LogP contribution < -0.4 is 5.73 Å². The molecule has 0 unspecified atom stereocenters. The molecule has 1 fully saturated rings. The van der Waals surface area contributed by atoms with Gasteiger partial charge in [0.15, 0.2) is 5.03 Å². The molecule has 0 amide bonds. The van der Waals surface area contributed by atoms with Gasteiger partial charge in [0.05, 0.1) is 6.20 Å². The molecule has 1 aromatic heterocycles. The minimum atomic E-state index is -3.46. The molecule has 1 aliphatic carbocycles. The largest absolute Gasteiger partial charge is 0.332 e. The average Bonchev–Trinajstić information content (AvgIpc) is 2.81. The Balaban J connectivity index is 2.22. The van der Waals surface area contributed by atoms with E-state index in [-0.39, 0.29) is 11.1 Å². The summed E-state index contributed by atoms with van der Waals surface area (Å²) in [5.74, 6) is 0.700. The zero-order valence-electron chi connectivity index (χ0n) is 11.3. The number of imidazole rings is 1. The zero-order valence-corrected chi connectivity index (χ0v) is 12.1. The van der Waals surface area contributed by atoms with E-state index in [0.29, 0.717) is 31.8 Å². The number of aryl methyl sites for hydroxylation is 1. The van der Waals surface area contributed by atoms with Crippen LogP contribution in [-0.2, 0) is 16.4 Å². The van der Waals surface area contributed by atoms with E-state index in [2.05, 4.69) is 9.97 Å². The van der Waals surface area contributed by atoms with E-state index in [1.165, 1.54) is 6.20 Å². The smallest absolute Gasteiger partial charge is 0.260 e. The van der Waals surface area contributed by atoms with Gasteiger partial charge in [-0.3, -0.25) is 0 Å². The normalized spacial score (nSPS) is 16.8. The van der Waals surface area contributed by atoms with Gasteiger partial charge in [0.2, 0.25) is 0 Å². The second-order valence-electron chi connectivity index (χ2n) is 4.89. The van der Waals surface area contributed by atoms with Crippen LogP contribution in [0.4, 0.5) is 0 Å². The highest BCUT2D eigenvalue weighted by Crippen LogP contribution is 2.29. The fraction of sp³-hybridized carbons (Fsp3) is 0.750. The van der Waals surface area contributed by atoms with Crippen LogP contribution in [0.15, 0.2) is 11.2 Å². The van der Waals surface area contributed by atoms with Gasteiger partial charge in [-0.2, -0.15) is 4.31 Å². The van der Waals surface area contributed by atoms with Crippen molar-refractivity contribution < 1.29 is 8.42 Å². The number of aromatic amines is 1. The fourth-order valence-corrected chi connectivity index (χ4v) is 3.86. The van der Waals surface area contributed by atoms with E-state index in [0.717, 1.165) is 19.3 Å². The molecule has 1 aromatic rings. The maximum Gasteiger partial charge on any atom is 0.260 e. The van der Waals surface area contributed by atoms with Gasteiger partial charge >= 0.3 is 0 Å². The SMILES string of the molecule is CCc1ncc(S(=O)(=O)N(CCCN)C2CCC2)[nH]1. The van der Waals surface area contributed by atoms with E-state index in [9.17, 15) is 8.42 Å². The Hall–Kier alpha value is -0.920. The summed E-state index contributed by atoms with van der Waals surface area (Å²) < 4.78 is 26.8. The van der Waals surface area contributed by atoms with Gasteiger partial charge in [-0.25, -0.2) is 13.4 Å². The van der Waals surface area contributed by atoms with E-state index in [1.54, 1.807) is 4.31 Å². The Kier molecular flexibility index (Phi) is 4.59. The lowest BCUT2D eigenvalue weighted by Gasteiger charge is -2.36. The van der Waals surface area contributed by atoms with Crippen molar-refractivity contribution in [2.45, 2.75) is 50.1 Å². The summed E-state index contributed by atoms with van der Waals surface area (Å²) in [7, 11) is -3.46. The molecule has 19 heavy (non-hydrogen) atoms. The lowest BCUT2D eigenvalue weighted by Crippen LogP contribution is -2.45. The molecule has 2 rings (SSSR count). The summed E-state index contributed by atoms with van der Waals surface area (Å²) in [6, 6.07) is 0.130. The van der Waals surface area contributed by atoms with Crippen LogP contribution in [0, 0.1) is 0 Å². The van der Waals surface area contributed by atoms with Crippen molar-refractivity contribution in [1.29, 1.82) is 0 Å². The number of aromatic nitrogens is 2. The molecule has 7 heteroatoms. The molecule has 6 nitrogen and oxygen atoms in total. The molecule has 0 aromatic carbocycles. The topological polar surface area (TPSA) is 92.1 Å². The first-order valence-electron chi connectivity index (χ1n) is 6.85. The third-order valence-corrected chi connectivity index (χ3v) is 5.45. The molecular weight excluding hydrogens is 264 g/mol. The number of sulfonamides is 1. The highest BCUT2D eigenvalue weighted by atomic mass is 32.2. The number of rotatable bonds is 7. The molecule has 1 heterocycles. The van der Waals surface area contributed by atoms with Crippen molar-refractivity contribution in [1.82, 2.24) is 14.3 Å². The Morgan fingerprint density at radius 2 is 2.26 bits per heavy atom. The van der Waals surface area contributed by atoms with Crippen LogP contribution in [-0.4, -0.2) is 41.8 Å². The number of hydrogen-bond donors (Lipinski definition) is 2. The van der Waals surface area contributed by atoms with Gasteiger partial charge in [-0.05, 0) is 25.8 Å². The summed E-state index contributed by atoms with van der Waals surface area (Å²) in [4.78, 5) is 6.97. The van der Waals surface area contributed by atoms with Gasteiger partial charge in [0.25, 0.3) is 10.0 Å². The van der Waals surface area contributed by atoms with Crippen LogP contribution in [0.5, 0.6) is 0 Å². The molecule has 0 saturated heterocycles. The van der Waals surface area contributed by atoms with Gasteiger partial charge in [0, 0.05) is 19.0 Å². The molecule has 0 spiro atoms. The summed E-state index contributed by atoms with van der Waals surface area (Å²) in [5.41, 5.74) is 5.50. The summed E-state index contributed by atoms with van der Waals surface area (Å²) in [6.45, 7) is 2.93. The number of hydrogen-bond acceptors (Lipinski definition) is 4. The molecule has 3 N–H and O–H groups in total. The second-order valence-corrected chi connectivity index (χ2v) is 6.75. The van der Waals surface area contributed by atoms with Crippen molar-refractivity contribution in [3.8, 4) is 0 Å². The van der Waals surface area contributed by atoms with Gasteiger partial charge in [-0.15, -0.1) is 0 Å². The Morgan fingerprint density at radius 1 is 1.53 bits per heavy atom. The molecule has 1 saturated carbocycles. The third-order valence-electron chi connectivity index (χ3n) is 3.59. The first-order valence-corrected chi connectivity index (χ1v) is 8.29. The highest BCUT2D eigenvalue weighted by molar-refractivity contribution is 7.89. The summed E-state index contributed by atoms with van der Waals surface area (Å²) in [5, 5.41) is 0.202. The highest BCUT2D eigenvalue weighted by Gasteiger charge is 2.35. The van der Waals surface area contributed by atoms with Crippen LogP contribution in [0.3, 0.4) is 0 Å². The van der Waals surface area contributed by atoms with Crippen LogP contribution in [0.25, 0.3) is 0 Å². The molecular formula is C12H22N4O2S. The molecule has 0 atom stereocenters. The van der Waals surface area contributed by atoms with Crippen LogP contribution in [0.2, 0.25) is 0 Å².